The molecule has 0 aromatic heterocycles. The molecule has 1 atom stereocenters. The van der Waals surface area contributed by atoms with Gasteiger partial charge in [0.15, 0.2) is 6.29 Å². The standard InChI is InChI=1S/C6H13O5P.Na.H/c1-2-4-10-6(7)3-5-11-12(8)9;;/h2,6-9H,1,3-5H2;;. The molecule has 0 fully saturated rings. The van der Waals surface area contributed by atoms with Crippen molar-refractivity contribution in [1.82, 2.24) is 0 Å². The summed E-state index contributed by atoms with van der Waals surface area (Å²) in [6.45, 7) is 3.71. The molecule has 7 heteroatoms. The van der Waals surface area contributed by atoms with E-state index < -0.39 is 14.9 Å². The van der Waals surface area contributed by atoms with Crippen molar-refractivity contribution in [3.05, 3.63) is 12.7 Å². The zero-order valence-corrected chi connectivity index (χ0v) is 7.48. The zero-order valence-electron chi connectivity index (χ0n) is 6.59. The second-order valence-corrected chi connectivity index (χ2v) is 2.71. The maximum absolute atomic E-state index is 8.99. The van der Waals surface area contributed by atoms with Gasteiger partial charge in [-0.25, -0.2) is 0 Å². The summed E-state index contributed by atoms with van der Waals surface area (Å²) in [7, 11) is -2.33. The predicted octanol–water partition coefficient (Wildman–Crippen LogP) is -0.523. The molecule has 1 unspecified atom stereocenters. The van der Waals surface area contributed by atoms with Gasteiger partial charge in [0.1, 0.15) is 0 Å². The van der Waals surface area contributed by atoms with Gasteiger partial charge in [0.25, 0.3) is 0 Å². The van der Waals surface area contributed by atoms with E-state index in [-0.39, 0.29) is 49.2 Å². The van der Waals surface area contributed by atoms with Gasteiger partial charge >= 0.3 is 38.2 Å². The molecule has 5 nitrogen and oxygen atoms in total. The van der Waals surface area contributed by atoms with Crippen LogP contribution in [-0.2, 0) is 9.26 Å². The van der Waals surface area contributed by atoms with Crippen LogP contribution in [0.1, 0.15) is 6.42 Å². The third kappa shape index (κ3) is 13.0. The Balaban J connectivity index is 0. The second kappa shape index (κ2) is 11.0. The Morgan fingerprint density at radius 2 is 2.08 bits per heavy atom. The number of aliphatic hydroxyl groups is 1. The molecule has 0 aliphatic rings. The van der Waals surface area contributed by atoms with Crippen molar-refractivity contribution in [3.63, 3.8) is 0 Å². The molecule has 0 aromatic rings. The van der Waals surface area contributed by atoms with Crippen molar-refractivity contribution in [2.45, 2.75) is 12.7 Å². The summed E-state index contributed by atoms with van der Waals surface area (Å²) < 4.78 is 9.18. The van der Waals surface area contributed by atoms with Crippen LogP contribution in [0.15, 0.2) is 12.7 Å². The molecule has 0 bridgehead atoms. The van der Waals surface area contributed by atoms with E-state index in [1.54, 1.807) is 0 Å². The quantitative estimate of drug-likeness (QED) is 0.233. The fourth-order valence-electron chi connectivity index (χ4n) is 0.498. The number of hydrogen-bond donors (Lipinski definition) is 3. The number of hydrogen-bond acceptors (Lipinski definition) is 5. The molecule has 74 valence electrons. The molecule has 0 amide bonds. The molecule has 0 rings (SSSR count). The first-order valence-electron chi connectivity index (χ1n) is 3.38. The minimum atomic E-state index is -2.33. The fourth-order valence-corrected chi connectivity index (χ4v) is 0.766. The van der Waals surface area contributed by atoms with Gasteiger partial charge in [-0.05, 0) is 0 Å². The van der Waals surface area contributed by atoms with Gasteiger partial charge in [0, 0.05) is 6.42 Å². The Morgan fingerprint density at radius 3 is 2.54 bits per heavy atom. The van der Waals surface area contributed by atoms with Crippen LogP contribution in [0.3, 0.4) is 0 Å². The normalized spacial score (nSPS) is 12.3. The van der Waals surface area contributed by atoms with Crippen LogP contribution >= 0.6 is 8.60 Å². The van der Waals surface area contributed by atoms with Crippen LogP contribution in [0.5, 0.6) is 0 Å². The van der Waals surface area contributed by atoms with E-state index in [2.05, 4.69) is 11.1 Å². The van der Waals surface area contributed by atoms with Crippen LogP contribution < -0.4 is 0 Å². The van der Waals surface area contributed by atoms with E-state index in [0.29, 0.717) is 0 Å². The van der Waals surface area contributed by atoms with Crippen molar-refractivity contribution in [2.24, 2.45) is 0 Å². The first-order valence-corrected chi connectivity index (χ1v) is 4.54. The van der Waals surface area contributed by atoms with Gasteiger partial charge in [-0.2, -0.15) is 0 Å². The van der Waals surface area contributed by atoms with Gasteiger partial charge < -0.3 is 24.2 Å². The van der Waals surface area contributed by atoms with Gasteiger partial charge in [0.05, 0.1) is 13.2 Å². The SMILES string of the molecule is C=CCOC(O)CCOP(O)O.[NaH]. The first-order chi connectivity index (χ1) is 5.66. The van der Waals surface area contributed by atoms with E-state index in [1.165, 1.54) is 6.08 Å². The summed E-state index contributed by atoms with van der Waals surface area (Å²) in [5.41, 5.74) is 0. The predicted molar refractivity (Wildman–Crippen MR) is 51.2 cm³/mol. The Hall–Kier alpha value is 0.970. The maximum atomic E-state index is 8.99. The van der Waals surface area contributed by atoms with Crippen molar-refractivity contribution in [2.75, 3.05) is 13.2 Å². The zero-order chi connectivity index (χ0) is 9.40. The van der Waals surface area contributed by atoms with E-state index in [4.69, 9.17) is 19.6 Å². The molecule has 0 saturated carbocycles. The third-order valence-electron chi connectivity index (χ3n) is 0.978. The number of ether oxygens (including phenoxy) is 1. The molecular formula is C6H14NaO5P. The molecule has 0 saturated heterocycles. The summed E-state index contributed by atoms with van der Waals surface area (Å²) >= 11 is 0. The van der Waals surface area contributed by atoms with Crippen LogP contribution in [0.25, 0.3) is 0 Å². The van der Waals surface area contributed by atoms with Crippen molar-refractivity contribution in [1.29, 1.82) is 0 Å². The summed E-state index contributed by atoms with van der Waals surface area (Å²) in [5, 5.41) is 8.99. The second-order valence-electron chi connectivity index (χ2n) is 1.95. The molecule has 13 heavy (non-hydrogen) atoms. The summed E-state index contributed by atoms with van der Waals surface area (Å²) in [4.78, 5) is 16.6. The van der Waals surface area contributed by atoms with Crippen LogP contribution in [0.4, 0.5) is 0 Å². The average Bonchev–Trinajstić information content (AvgIpc) is 2.00. The molecular weight excluding hydrogens is 206 g/mol. The van der Waals surface area contributed by atoms with Gasteiger partial charge in [0.2, 0.25) is 0 Å². The summed E-state index contributed by atoms with van der Waals surface area (Å²) in [6.07, 6.45) is 0.765. The van der Waals surface area contributed by atoms with Crippen molar-refractivity contribution >= 4 is 38.2 Å². The van der Waals surface area contributed by atoms with Gasteiger partial charge in [-0.15, -0.1) is 6.58 Å². The minimum absolute atomic E-state index is 0. The van der Waals surface area contributed by atoms with E-state index in [1.807, 2.05) is 0 Å². The van der Waals surface area contributed by atoms with Crippen molar-refractivity contribution in [3.8, 4) is 0 Å². The van der Waals surface area contributed by atoms with Gasteiger partial charge in [-0.3, -0.25) is 0 Å². The Labute approximate surface area is 101 Å². The molecule has 0 spiro atoms. The van der Waals surface area contributed by atoms with E-state index in [0.717, 1.165) is 0 Å². The number of aliphatic hydroxyl groups excluding tert-OH is 1. The number of rotatable bonds is 7. The Morgan fingerprint density at radius 1 is 1.46 bits per heavy atom. The van der Waals surface area contributed by atoms with E-state index >= 15 is 0 Å². The van der Waals surface area contributed by atoms with Crippen LogP contribution in [0, 0.1) is 0 Å². The fraction of sp³-hybridized carbons (Fsp3) is 0.667. The Kier molecular flexibility index (Phi) is 13.9. The molecule has 0 radical (unpaired) electrons. The summed E-state index contributed by atoms with van der Waals surface area (Å²) in [5.74, 6) is 0. The molecule has 0 aromatic carbocycles. The van der Waals surface area contributed by atoms with Crippen LogP contribution in [0.2, 0.25) is 0 Å². The van der Waals surface area contributed by atoms with Crippen LogP contribution in [-0.4, -0.2) is 64.0 Å². The monoisotopic (exact) mass is 220 g/mol. The molecule has 0 heterocycles. The topological polar surface area (TPSA) is 79.2 Å². The average molecular weight is 220 g/mol. The summed E-state index contributed by atoms with van der Waals surface area (Å²) in [6, 6.07) is 0. The first kappa shape index (κ1) is 16.4. The third-order valence-corrected chi connectivity index (χ3v) is 1.39. The van der Waals surface area contributed by atoms with Gasteiger partial charge in [-0.1, -0.05) is 6.08 Å². The molecule has 0 aliphatic carbocycles. The van der Waals surface area contributed by atoms with E-state index in [9.17, 15) is 0 Å². The molecule has 0 aliphatic heterocycles. The molecule has 3 N–H and O–H groups in total. The Bertz CT molecular complexity index is 124. The van der Waals surface area contributed by atoms with Crippen molar-refractivity contribution < 1.29 is 24.2 Å².